The summed E-state index contributed by atoms with van der Waals surface area (Å²) in [4.78, 5) is 13.2. The molecule has 0 amide bonds. The minimum absolute atomic E-state index is 0.222. The van der Waals surface area contributed by atoms with Crippen LogP contribution in [0.5, 0.6) is 0 Å². The lowest BCUT2D eigenvalue weighted by Crippen LogP contribution is -2.06. The lowest BCUT2D eigenvalue weighted by molar-refractivity contribution is 0.541. The van der Waals surface area contributed by atoms with Crippen molar-refractivity contribution in [1.29, 1.82) is 0 Å². The molecule has 0 bridgehead atoms. The fourth-order valence-corrected chi connectivity index (χ4v) is 3.33. The Hall–Kier alpha value is -2.92. The summed E-state index contributed by atoms with van der Waals surface area (Å²) in [7, 11) is 0. The third-order valence-corrected chi connectivity index (χ3v) is 5.15. The summed E-state index contributed by atoms with van der Waals surface area (Å²) in [6.07, 6.45) is 2.80. The van der Waals surface area contributed by atoms with Crippen molar-refractivity contribution < 1.29 is 0 Å². The van der Waals surface area contributed by atoms with Gasteiger partial charge >= 0.3 is 0 Å². The maximum atomic E-state index is 6.17. The van der Waals surface area contributed by atoms with Crippen LogP contribution in [-0.4, -0.2) is 19.5 Å². The van der Waals surface area contributed by atoms with Gasteiger partial charge in [-0.15, -0.1) is 0 Å². The Bertz CT molecular complexity index is 1070. The molecular weight excluding hydrogens is 418 g/mol. The van der Waals surface area contributed by atoms with Crippen LogP contribution in [0.1, 0.15) is 59.6 Å². The molecule has 0 aliphatic carbocycles. The topological polar surface area (TPSA) is 55.6 Å². The van der Waals surface area contributed by atoms with E-state index in [2.05, 4.69) is 70.5 Å². The normalized spacial score (nSPS) is 11.1. The number of anilines is 1. The van der Waals surface area contributed by atoms with E-state index in [1.165, 1.54) is 11.1 Å². The fourth-order valence-electron chi connectivity index (χ4n) is 3.16. The highest BCUT2D eigenvalue weighted by Gasteiger charge is 2.15. The van der Waals surface area contributed by atoms with Crippen LogP contribution in [-0.2, 0) is 6.54 Å². The van der Waals surface area contributed by atoms with Gasteiger partial charge in [0.15, 0.2) is 17.0 Å². The highest BCUT2D eigenvalue weighted by Crippen LogP contribution is 2.25. The van der Waals surface area contributed by atoms with Gasteiger partial charge in [-0.1, -0.05) is 89.2 Å². The monoisotopic (exact) mass is 451 g/mol. The predicted octanol–water partition coefficient (Wildman–Crippen LogP) is 7.78. The molecule has 1 unspecified atom stereocenters. The molecule has 2 heterocycles. The summed E-state index contributed by atoms with van der Waals surface area (Å²) in [6.45, 7) is 12.9. The second-order valence-electron chi connectivity index (χ2n) is 6.84. The summed E-state index contributed by atoms with van der Waals surface area (Å²) in [5, 5.41) is 3.58. The van der Waals surface area contributed by atoms with Gasteiger partial charge in [-0.05, 0) is 41.6 Å². The predicted molar refractivity (Wildman–Crippen MR) is 137 cm³/mol. The molecule has 4 rings (SSSR count). The number of rotatable bonds is 6. The second kappa shape index (κ2) is 12.8. The first-order valence-corrected chi connectivity index (χ1v) is 11.8. The van der Waals surface area contributed by atoms with Gasteiger partial charge in [-0.3, -0.25) is 0 Å². The Morgan fingerprint density at radius 3 is 2.16 bits per heavy atom. The molecule has 0 fully saturated rings. The van der Waals surface area contributed by atoms with Gasteiger partial charge in [0, 0.05) is 12.6 Å². The molecular formula is C26H34ClN5. The highest BCUT2D eigenvalue weighted by molar-refractivity contribution is 6.28. The van der Waals surface area contributed by atoms with E-state index in [1.807, 2.05) is 56.8 Å². The standard InChI is InChI=1S/C22H22ClN5.2C2H6/c1-3-15(2)28-14-25-19-20(26-22(23)27-21(19)28)24-13-16-9-11-18(12-10-16)17-7-5-4-6-8-17;2*1-2/h4-12,14-15H,3,13H2,1-2H3,(H,24,26,27);2*1-2H3. The van der Waals surface area contributed by atoms with E-state index >= 15 is 0 Å². The van der Waals surface area contributed by atoms with E-state index in [0.717, 1.165) is 23.1 Å². The van der Waals surface area contributed by atoms with Crippen LogP contribution in [0.15, 0.2) is 60.9 Å². The van der Waals surface area contributed by atoms with E-state index in [4.69, 9.17) is 11.6 Å². The number of nitrogens with zero attached hydrogens (tertiary/aromatic N) is 4. The molecule has 0 aliphatic heterocycles. The van der Waals surface area contributed by atoms with E-state index in [9.17, 15) is 0 Å². The summed E-state index contributed by atoms with van der Waals surface area (Å²) in [5.74, 6) is 0.657. The first-order valence-electron chi connectivity index (χ1n) is 11.4. The van der Waals surface area contributed by atoms with Gasteiger partial charge in [-0.25, -0.2) is 4.98 Å². The molecule has 170 valence electrons. The van der Waals surface area contributed by atoms with E-state index in [0.29, 0.717) is 18.4 Å². The highest BCUT2D eigenvalue weighted by atomic mass is 35.5. The van der Waals surface area contributed by atoms with Gasteiger partial charge in [0.05, 0.1) is 6.33 Å². The minimum Gasteiger partial charge on any atom is -0.364 e. The average molecular weight is 452 g/mol. The quantitative estimate of drug-likeness (QED) is 0.304. The van der Waals surface area contributed by atoms with E-state index in [-0.39, 0.29) is 5.28 Å². The van der Waals surface area contributed by atoms with Crippen LogP contribution in [0.25, 0.3) is 22.3 Å². The summed E-state index contributed by atoms with van der Waals surface area (Å²) >= 11 is 6.17. The average Bonchev–Trinajstić information content (AvgIpc) is 3.29. The van der Waals surface area contributed by atoms with Gasteiger partial charge < -0.3 is 9.88 Å². The largest absolute Gasteiger partial charge is 0.364 e. The number of aromatic nitrogens is 4. The van der Waals surface area contributed by atoms with E-state index < -0.39 is 0 Å². The van der Waals surface area contributed by atoms with Crippen LogP contribution in [0.2, 0.25) is 5.28 Å². The number of benzene rings is 2. The zero-order chi connectivity index (χ0) is 23.5. The Morgan fingerprint density at radius 1 is 0.906 bits per heavy atom. The van der Waals surface area contributed by atoms with Crippen molar-refractivity contribution in [3.8, 4) is 11.1 Å². The number of imidazole rings is 1. The zero-order valence-electron chi connectivity index (χ0n) is 19.9. The number of hydrogen-bond acceptors (Lipinski definition) is 4. The van der Waals surface area contributed by atoms with Crippen molar-refractivity contribution >= 4 is 28.6 Å². The van der Waals surface area contributed by atoms with Crippen LogP contribution < -0.4 is 5.32 Å². The van der Waals surface area contributed by atoms with Gasteiger partial charge in [-0.2, -0.15) is 9.97 Å². The molecule has 0 saturated carbocycles. The Labute approximate surface area is 196 Å². The number of fused-ring (bicyclic) bond motifs is 1. The summed E-state index contributed by atoms with van der Waals surface area (Å²) < 4.78 is 2.04. The van der Waals surface area contributed by atoms with Gasteiger partial charge in [0.1, 0.15) is 0 Å². The second-order valence-corrected chi connectivity index (χ2v) is 7.18. The van der Waals surface area contributed by atoms with Crippen molar-refractivity contribution in [3.63, 3.8) is 0 Å². The molecule has 2 aromatic heterocycles. The molecule has 5 nitrogen and oxygen atoms in total. The molecule has 1 atom stereocenters. The number of halogens is 1. The van der Waals surface area contributed by atoms with Crippen LogP contribution in [0.4, 0.5) is 5.82 Å². The van der Waals surface area contributed by atoms with Crippen molar-refractivity contribution in [2.45, 2.75) is 60.5 Å². The molecule has 0 saturated heterocycles. The van der Waals surface area contributed by atoms with Crippen molar-refractivity contribution in [1.82, 2.24) is 19.5 Å². The lowest BCUT2D eigenvalue weighted by Gasteiger charge is -2.12. The molecule has 4 aromatic rings. The smallest absolute Gasteiger partial charge is 0.226 e. The molecule has 0 spiro atoms. The van der Waals surface area contributed by atoms with Crippen molar-refractivity contribution in [2.24, 2.45) is 0 Å². The van der Waals surface area contributed by atoms with E-state index in [1.54, 1.807) is 0 Å². The van der Waals surface area contributed by atoms with Crippen molar-refractivity contribution in [3.05, 3.63) is 71.8 Å². The fraction of sp³-hybridized carbons (Fsp3) is 0.346. The molecule has 1 N–H and O–H groups in total. The SMILES string of the molecule is CC.CC.CCC(C)n1cnc2c(NCc3ccc(-c4ccccc4)cc3)nc(Cl)nc21. The Morgan fingerprint density at radius 2 is 1.53 bits per heavy atom. The zero-order valence-corrected chi connectivity index (χ0v) is 20.7. The van der Waals surface area contributed by atoms with Crippen LogP contribution in [0.3, 0.4) is 0 Å². The van der Waals surface area contributed by atoms with Crippen LogP contribution in [0, 0.1) is 0 Å². The third kappa shape index (κ3) is 6.07. The maximum Gasteiger partial charge on any atom is 0.226 e. The third-order valence-electron chi connectivity index (χ3n) is 4.98. The molecule has 32 heavy (non-hydrogen) atoms. The number of hydrogen-bond donors (Lipinski definition) is 1. The minimum atomic E-state index is 0.222. The maximum absolute atomic E-state index is 6.17. The Kier molecular flexibility index (Phi) is 10.2. The first-order chi connectivity index (χ1) is 15.7. The molecule has 0 radical (unpaired) electrons. The summed E-state index contributed by atoms with van der Waals surface area (Å²) in [5.41, 5.74) is 5.07. The number of nitrogens with one attached hydrogen (secondary N) is 1. The molecule has 0 aliphatic rings. The van der Waals surface area contributed by atoms with Gasteiger partial charge in [0.2, 0.25) is 5.28 Å². The van der Waals surface area contributed by atoms with Crippen LogP contribution >= 0.6 is 11.6 Å². The molecule has 2 aromatic carbocycles. The van der Waals surface area contributed by atoms with Gasteiger partial charge in [0.25, 0.3) is 0 Å². The Balaban J connectivity index is 0.000000860. The molecule has 6 heteroatoms. The lowest BCUT2D eigenvalue weighted by atomic mass is 10.0. The van der Waals surface area contributed by atoms with Crippen molar-refractivity contribution in [2.75, 3.05) is 5.32 Å². The first kappa shape index (κ1) is 25.3. The summed E-state index contributed by atoms with van der Waals surface area (Å²) in [6, 6.07) is 19.1.